The van der Waals surface area contributed by atoms with Gasteiger partial charge in [0.05, 0.1) is 11.2 Å². The summed E-state index contributed by atoms with van der Waals surface area (Å²) in [5.41, 5.74) is 3.75. The van der Waals surface area contributed by atoms with Crippen molar-refractivity contribution in [3.8, 4) is 0 Å². The van der Waals surface area contributed by atoms with E-state index in [4.69, 9.17) is 11.6 Å². The lowest BCUT2D eigenvalue weighted by Crippen LogP contribution is -2.41. The molecule has 0 amide bonds. The second-order valence-corrected chi connectivity index (χ2v) is 3.35. The maximum atomic E-state index is 5.97. The lowest BCUT2D eigenvalue weighted by Gasteiger charge is -2.26. The van der Waals surface area contributed by atoms with Crippen molar-refractivity contribution in [3.05, 3.63) is 11.2 Å². The maximum Gasteiger partial charge on any atom is 0.197 e. The van der Waals surface area contributed by atoms with Crippen molar-refractivity contribution >= 4 is 28.9 Å². The topological polar surface area (TPSA) is 53.4 Å². The van der Waals surface area contributed by atoms with Crippen molar-refractivity contribution in [2.75, 3.05) is 12.1 Å². The number of aliphatic imine (C=N–C) groups is 1. The molecule has 2 heterocycles. The Morgan fingerprint density at radius 1 is 1.57 bits per heavy atom. The van der Waals surface area contributed by atoms with Crippen LogP contribution in [0.5, 0.6) is 0 Å². The minimum absolute atomic E-state index is 0.523. The fraction of sp³-hybridized carbons (Fsp3) is 0.375. The van der Waals surface area contributed by atoms with Gasteiger partial charge in [0.1, 0.15) is 11.5 Å². The molecular weight excluding hydrogens is 202 g/mol. The van der Waals surface area contributed by atoms with Crippen LogP contribution in [0.1, 0.15) is 13.3 Å². The van der Waals surface area contributed by atoms with Crippen LogP contribution >= 0.6 is 11.6 Å². The highest BCUT2D eigenvalue weighted by atomic mass is 35.5. The molecule has 6 heteroatoms. The molecule has 0 atom stereocenters. The smallest absolute Gasteiger partial charge is 0.197 e. The maximum absolute atomic E-state index is 5.97. The molecule has 0 radical (unpaired) electrons. The van der Waals surface area contributed by atoms with Crippen molar-refractivity contribution < 1.29 is 0 Å². The van der Waals surface area contributed by atoms with Crippen LogP contribution in [0, 0.1) is 0 Å². The molecule has 1 aromatic rings. The number of hydrogen-bond donors (Lipinski definition) is 1. The Bertz CT molecular complexity index is 389. The number of nitrogens with one attached hydrogen (secondary N) is 1. The summed E-state index contributed by atoms with van der Waals surface area (Å²) in [5, 5.41) is 10.0. The molecule has 2 rings (SSSR count). The molecule has 5 nitrogen and oxygen atoms in total. The predicted octanol–water partition coefficient (Wildman–Crippen LogP) is 1.52. The molecule has 0 fully saturated rings. The number of hydrazine groups is 1. The zero-order chi connectivity index (χ0) is 10.1. The highest BCUT2D eigenvalue weighted by molar-refractivity contribution is 6.33. The van der Waals surface area contributed by atoms with E-state index in [0.29, 0.717) is 16.5 Å². The number of aromatic nitrogens is 2. The van der Waals surface area contributed by atoms with Gasteiger partial charge >= 0.3 is 0 Å². The normalized spacial score (nSPS) is 14.5. The average Bonchev–Trinajstić information content (AvgIpc) is 2.19. The molecule has 0 spiro atoms. The Hall–Kier alpha value is -1.36. The summed E-state index contributed by atoms with van der Waals surface area (Å²) < 4.78 is 0. The van der Waals surface area contributed by atoms with E-state index < -0.39 is 0 Å². The van der Waals surface area contributed by atoms with Crippen LogP contribution in [0.2, 0.25) is 5.02 Å². The van der Waals surface area contributed by atoms with Gasteiger partial charge in [-0.15, -0.1) is 5.10 Å². The largest absolute Gasteiger partial charge is 0.284 e. The molecule has 1 aromatic heterocycles. The number of halogens is 1. The summed E-state index contributed by atoms with van der Waals surface area (Å²) in [6, 6.07) is 0. The van der Waals surface area contributed by atoms with E-state index in [1.165, 1.54) is 6.20 Å². The Morgan fingerprint density at radius 2 is 2.36 bits per heavy atom. The Kier molecular flexibility index (Phi) is 2.25. The van der Waals surface area contributed by atoms with Gasteiger partial charge in [-0.3, -0.25) is 10.4 Å². The van der Waals surface area contributed by atoms with E-state index in [-0.39, 0.29) is 0 Å². The van der Waals surface area contributed by atoms with Crippen LogP contribution < -0.4 is 10.4 Å². The van der Waals surface area contributed by atoms with Gasteiger partial charge < -0.3 is 0 Å². The quantitative estimate of drug-likeness (QED) is 0.766. The highest BCUT2D eigenvalue weighted by Gasteiger charge is 2.18. The average molecular weight is 212 g/mol. The molecule has 1 aliphatic rings. The van der Waals surface area contributed by atoms with Crippen LogP contribution in [0.15, 0.2) is 11.2 Å². The number of fused-ring (bicyclic) bond motifs is 1. The lowest BCUT2D eigenvalue weighted by molar-refractivity contribution is 0.803. The second kappa shape index (κ2) is 3.42. The first-order chi connectivity index (χ1) is 6.72. The van der Waals surface area contributed by atoms with Crippen molar-refractivity contribution in [1.82, 2.24) is 15.6 Å². The third-order valence-corrected chi connectivity index (χ3v) is 2.23. The van der Waals surface area contributed by atoms with Gasteiger partial charge in [0, 0.05) is 13.5 Å². The summed E-state index contributed by atoms with van der Waals surface area (Å²) in [5.74, 6) is 1.52. The first kappa shape index (κ1) is 9.21. The van der Waals surface area contributed by atoms with E-state index in [2.05, 4.69) is 20.6 Å². The summed E-state index contributed by atoms with van der Waals surface area (Å²) in [4.78, 5) is 4.34. The van der Waals surface area contributed by atoms with Gasteiger partial charge in [0.2, 0.25) is 0 Å². The first-order valence-corrected chi connectivity index (χ1v) is 4.69. The fourth-order valence-corrected chi connectivity index (χ4v) is 1.41. The zero-order valence-electron chi connectivity index (χ0n) is 7.95. The van der Waals surface area contributed by atoms with E-state index in [1.54, 1.807) is 5.01 Å². The van der Waals surface area contributed by atoms with Gasteiger partial charge in [0.15, 0.2) is 5.82 Å². The van der Waals surface area contributed by atoms with Crippen LogP contribution in [0.25, 0.3) is 0 Å². The Labute approximate surface area is 86.8 Å². The molecule has 0 bridgehead atoms. The third kappa shape index (κ3) is 1.39. The second-order valence-electron chi connectivity index (χ2n) is 2.95. The molecule has 0 saturated carbocycles. The van der Waals surface area contributed by atoms with Crippen LogP contribution in [-0.2, 0) is 0 Å². The van der Waals surface area contributed by atoms with Crippen molar-refractivity contribution in [1.29, 1.82) is 0 Å². The minimum Gasteiger partial charge on any atom is -0.284 e. The van der Waals surface area contributed by atoms with E-state index >= 15 is 0 Å². The molecular formula is C8H10ClN5. The van der Waals surface area contributed by atoms with Crippen LogP contribution in [0.3, 0.4) is 0 Å². The standard InChI is InChI=1S/C8H10ClN5/c1-3-6-11-7-5(9)4-10-12-8(7)14(2)13-6/h4H,3H2,1-2H3,(H,11,13). The highest BCUT2D eigenvalue weighted by Crippen LogP contribution is 2.33. The summed E-state index contributed by atoms with van der Waals surface area (Å²) in [6.07, 6.45) is 2.32. The van der Waals surface area contributed by atoms with Crippen molar-refractivity contribution in [3.63, 3.8) is 0 Å². The third-order valence-electron chi connectivity index (χ3n) is 1.96. The molecule has 74 valence electrons. The van der Waals surface area contributed by atoms with Gasteiger partial charge in [0.25, 0.3) is 0 Å². The predicted molar refractivity (Wildman–Crippen MR) is 56.0 cm³/mol. The summed E-state index contributed by atoms with van der Waals surface area (Å²) >= 11 is 5.97. The minimum atomic E-state index is 0.523. The number of nitrogens with zero attached hydrogens (tertiary/aromatic N) is 4. The molecule has 0 unspecified atom stereocenters. The number of hydrogen-bond acceptors (Lipinski definition) is 5. The SMILES string of the molecule is CCC1=Nc2c(Cl)cnnc2N(C)N1. The van der Waals surface area contributed by atoms with Gasteiger partial charge in [-0.1, -0.05) is 18.5 Å². The summed E-state index contributed by atoms with van der Waals surface area (Å²) in [6.45, 7) is 2.02. The monoisotopic (exact) mass is 211 g/mol. The van der Waals surface area contributed by atoms with E-state index in [9.17, 15) is 0 Å². The van der Waals surface area contributed by atoms with Crippen molar-refractivity contribution in [2.24, 2.45) is 4.99 Å². The van der Waals surface area contributed by atoms with E-state index in [0.717, 1.165) is 12.3 Å². The molecule has 0 aromatic carbocycles. The van der Waals surface area contributed by atoms with Crippen molar-refractivity contribution in [2.45, 2.75) is 13.3 Å². The molecule has 1 N–H and O–H groups in total. The van der Waals surface area contributed by atoms with Gasteiger partial charge in [-0.2, -0.15) is 5.10 Å². The Balaban J connectivity index is 2.55. The first-order valence-electron chi connectivity index (χ1n) is 4.31. The number of anilines is 1. The summed E-state index contributed by atoms with van der Waals surface area (Å²) in [7, 11) is 1.86. The molecule has 14 heavy (non-hydrogen) atoms. The fourth-order valence-electron chi connectivity index (χ4n) is 1.24. The van der Waals surface area contributed by atoms with Crippen LogP contribution in [0.4, 0.5) is 11.5 Å². The molecule has 0 saturated heterocycles. The zero-order valence-corrected chi connectivity index (χ0v) is 8.71. The molecule has 0 aliphatic carbocycles. The molecule has 1 aliphatic heterocycles. The Morgan fingerprint density at radius 3 is 3.07 bits per heavy atom. The number of amidine groups is 1. The van der Waals surface area contributed by atoms with E-state index in [1.807, 2.05) is 14.0 Å². The van der Waals surface area contributed by atoms with Crippen LogP contribution in [-0.4, -0.2) is 23.1 Å². The number of rotatable bonds is 1. The lowest BCUT2D eigenvalue weighted by atomic mass is 10.3. The van der Waals surface area contributed by atoms with Gasteiger partial charge in [-0.05, 0) is 0 Å². The van der Waals surface area contributed by atoms with Gasteiger partial charge in [-0.25, -0.2) is 4.99 Å².